The van der Waals surface area contributed by atoms with Gasteiger partial charge in [-0.05, 0) is 12.3 Å². The zero-order valence-corrected chi connectivity index (χ0v) is 8.53. The van der Waals surface area contributed by atoms with Gasteiger partial charge in [-0.2, -0.15) is 0 Å². The molecule has 0 spiro atoms. The molecule has 2 rings (SSSR count). The van der Waals surface area contributed by atoms with Crippen molar-refractivity contribution in [3.05, 3.63) is 42.0 Å². The lowest BCUT2D eigenvalue weighted by atomic mass is 10.0. The zero-order chi connectivity index (χ0) is 10.8. The van der Waals surface area contributed by atoms with E-state index in [1.165, 1.54) is 6.92 Å². The van der Waals surface area contributed by atoms with Crippen molar-refractivity contribution in [1.82, 2.24) is 0 Å². The maximum atomic E-state index is 11.0. The van der Waals surface area contributed by atoms with Gasteiger partial charge >= 0.3 is 0 Å². The molecule has 0 aliphatic carbocycles. The third kappa shape index (κ3) is 1.84. The number of aromatic hydroxyl groups is 1. The Hall–Kier alpha value is -1.83. The number of hydrogen-bond donors (Lipinski definition) is 1. The van der Waals surface area contributed by atoms with Gasteiger partial charge < -0.3 is 5.11 Å². The Morgan fingerprint density at radius 2 is 1.93 bits per heavy atom. The molecular weight excluding hydrogens is 188 g/mol. The molecule has 0 aromatic heterocycles. The number of ketones is 1. The quantitative estimate of drug-likeness (QED) is 0.809. The second-order valence-corrected chi connectivity index (χ2v) is 3.67. The van der Waals surface area contributed by atoms with Crippen molar-refractivity contribution in [2.75, 3.05) is 0 Å². The summed E-state index contributed by atoms with van der Waals surface area (Å²) in [5, 5.41) is 11.7. The van der Waals surface area contributed by atoms with Gasteiger partial charge in [-0.15, -0.1) is 0 Å². The normalized spacial score (nSPS) is 10.5. The maximum Gasteiger partial charge on any atom is 0.134 e. The highest BCUT2D eigenvalue weighted by Crippen LogP contribution is 2.28. The highest BCUT2D eigenvalue weighted by Gasteiger charge is 2.07. The van der Waals surface area contributed by atoms with Gasteiger partial charge in [-0.1, -0.05) is 36.4 Å². The first-order chi connectivity index (χ1) is 7.18. The van der Waals surface area contributed by atoms with Crippen molar-refractivity contribution in [2.24, 2.45) is 0 Å². The summed E-state index contributed by atoms with van der Waals surface area (Å²) in [6.07, 6.45) is 0.288. The molecule has 2 aromatic rings. The highest BCUT2D eigenvalue weighted by atomic mass is 16.3. The van der Waals surface area contributed by atoms with Gasteiger partial charge in [0.05, 0.1) is 0 Å². The fourth-order valence-electron chi connectivity index (χ4n) is 1.71. The lowest BCUT2D eigenvalue weighted by Crippen LogP contribution is -1.96. The monoisotopic (exact) mass is 200 g/mol. The van der Waals surface area contributed by atoms with E-state index in [9.17, 15) is 9.90 Å². The summed E-state index contributed by atoms with van der Waals surface area (Å²) in [5.41, 5.74) is 0.696. The summed E-state index contributed by atoms with van der Waals surface area (Å²) in [7, 11) is 0. The maximum absolute atomic E-state index is 11.0. The van der Waals surface area contributed by atoms with Crippen LogP contribution in [0, 0.1) is 0 Å². The Morgan fingerprint density at radius 3 is 2.67 bits per heavy atom. The van der Waals surface area contributed by atoms with E-state index in [2.05, 4.69) is 0 Å². The fourth-order valence-corrected chi connectivity index (χ4v) is 1.71. The minimum absolute atomic E-state index is 0.0561. The second-order valence-electron chi connectivity index (χ2n) is 3.67. The minimum Gasteiger partial charge on any atom is -0.507 e. The van der Waals surface area contributed by atoms with E-state index in [0.29, 0.717) is 5.56 Å². The highest BCUT2D eigenvalue weighted by molar-refractivity contribution is 5.91. The van der Waals surface area contributed by atoms with Gasteiger partial charge in [0.15, 0.2) is 0 Å². The van der Waals surface area contributed by atoms with Crippen LogP contribution in [0.15, 0.2) is 36.4 Å². The Balaban J connectivity index is 2.59. The van der Waals surface area contributed by atoms with Crippen LogP contribution in [0.5, 0.6) is 5.75 Å². The minimum atomic E-state index is 0.0561. The van der Waals surface area contributed by atoms with Crippen molar-refractivity contribution < 1.29 is 9.90 Å². The van der Waals surface area contributed by atoms with Crippen LogP contribution in [-0.2, 0) is 11.2 Å². The molecule has 0 saturated heterocycles. The molecule has 2 aromatic carbocycles. The Morgan fingerprint density at radius 1 is 1.20 bits per heavy atom. The van der Waals surface area contributed by atoms with Crippen LogP contribution in [0.3, 0.4) is 0 Å². The molecule has 2 heteroatoms. The van der Waals surface area contributed by atoms with Crippen LogP contribution in [-0.4, -0.2) is 10.9 Å². The van der Waals surface area contributed by atoms with Gasteiger partial charge in [0.1, 0.15) is 11.5 Å². The fraction of sp³-hybridized carbons (Fsp3) is 0.154. The number of hydrogen-bond acceptors (Lipinski definition) is 2. The molecule has 0 fully saturated rings. The summed E-state index contributed by atoms with van der Waals surface area (Å²) >= 11 is 0. The number of phenols is 1. The van der Waals surface area contributed by atoms with E-state index in [1.54, 1.807) is 6.07 Å². The van der Waals surface area contributed by atoms with Crippen molar-refractivity contribution in [3.63, 3.8) is 0 Å². The van der Waals surface area contributed by atoms with Gasteiger partial charge in [0.25, 0.3) is 0 Å². The van der Waals surface area contributed by atoms with E-state index < -0.39 is 0 Å². The van der Waals surface area contributed by atoms with Gasteiger partial charge in [0.2, 0.25) is 0 Å². The standard InChI is InChI=1S/C13H12O2/c1-9(14)8-11-7-6-10-4-2-3-5-12(10)13(11)15/h2-7,15H,8H2,1H3. The predicted molar refractivity (Wildman–Crippen MR) is 60.0 cm³/mol. The average molecular weight is 200 g/mol. The van der Waals surface area contributed by atoms with Crippen LogP contribution in [0.4, 0.5) is 0 Å². The average Bonchev–Trinajstić information content (AvgIpc) is 2.22. The summed E-state index contributed by atoms with van der Waals surface area (Å²) in [5.74, 6) is 0.281. The third-order valence-corrected chi connectivity index (χ3v) is 2.42. The third-order valence-electron chi connectivity index (χ3n) is 2.42. The zero-order valence-electron chi connectivity index (χ0n) is 8.53. The molecule has 0 amide bonds. The van der Waals surface area contributed by atoms with Crippen molar-refractivity contribution in [1.29, 1.82) is 0 Å². The van der Waals surface area contributed by atoms with Gasteiger partial charge in [-0.25, -0.2) is 0 Å². The Bertz CT molecular complexity index is 515. The number of phenolic OH excluding ortho intramolecular Hbond substituents is 1. The molecule has 0 saturated carbocycles. The molecule has 0 aliphatic rings. The molecule has 2 nitrogen and oxygen atoms in total. The Labute approximate surface area is 88.2 Å². The van der Waals surface area contributed by atoms with Crippen LogP contribution in [0.1, 0.15) is 12.5 Å². The molecule has 0 radical (unpaired) electrons. The molecule has 0 heterocycles. The molecule has 76 valence electrons. The van der Waals surface area contributed by atoms with E-state index in [1.807, 2.05) is 30.3 Å². The summed E-state index contributed by atoms with van der Waals surface area (Å²) in [6, 6.07) is 11.3. The number of carbonyl (C=O) groups is 1. The second kappa shape index (κ2) is 3.73. The van der Waals surface area contributed by atoms with E-state index in [0.717, 1.165) is 10.8 Å². The number of rotatable bonds is 2. The first-order valence-electron chi connectivity index (χ1n) is 4.87. The van der Waals surface area contributed by atoms with Crippen LogP contribution < -0.4 is 0 Å². The molecule has 0 unspecified atom stereocenters. The van der Waals surface area contributed by atoms with E-state index >= 15 is 0 Å². The predicted octanol–water partition coefficient (Wildman–Crippen LogP) is 2.68. The first kappa shape index (κ1) is 9.71. The SMILES string of the molecule is CC(=O)Cc1ccc2ccccc2c1O. The lowest BCUT2D eigenvalue weighted by molar-refractivity contribution is -0.116. The van der Waals surface area contributed by atoms with Crippen molar-refractivity contribution in [3.8, 4) is 5.75 Å². The molecule has 0 aliphatic heterocycles. The number of benzene rings is 2. The van der Waals surface area contributed by atoms with Crippen molar-refractivity contribution in [2.45, 2.75) is 13.3 Å². The first-order valence-corrected chi connectivity index (χ1v) is 4.87. The molecule has 0 atom stereocenters. The van der Waals surface area contributed by atoms with Crippen molar-refractivity contribution >= 4 is 16.6 Å². The van der Waals surface area contributed by atoms with Crippen LogP contribution in [0.25, 0.3) is 10.8 Å². The molecule has 15 heavy (non-hydrogen) atoms. The number of carbonyl (C=O) groups excluding carboxylic acids is 1. The summed E-state index contributed by atoms with van der Waals surface area (Å²) in [4.78, 5) is 11.0. The topological polar surface area (TPSA) is 37.3 Å². The number of fused-ring (bicyclic) bond motifs is 1. The molecule has 0 bridgehead atoms. The van der Waals surface area contributed by atoms with Crippen LogP contribution in [0.2, 0.25) is 0 Å². The van der Waals surface area contributed by atoms with Gasteiger partial charge in [-0.3, -0.25) is 4.79 Å². The van der Waals surface area contributed by atoms with E-state index in [4.69, 9.17) is 0 Å². The lowest BCUT2D eigenvalue weighted by Gasteiger charge is -2.06. The smallest absolute Gasteiger partial charge is 0.134 e. The number of Topliss-reactive ketones (excluding diaryl/α,β-unsaturated/α-hetero) is 1. The summed E-state index contributed by atoms with van der Waals surface area (Å²) in [6.45, 7) is 1.52. The van der Waals surface area contributed by atoms with Crippen LogP contribution >= 0.6 is 0 Å². The van der Waals surface area contributed by atoms with E-state index in [-0.39, 0.29) is 18.0 Å². The molecule has 1 N–H and O–H groups in total. The Kier molecular flexibility index (Phi) is 2.42. The largest absolute Gasteiger partial charge is 0.507 e. The molecular formula is C13H12O2. The summed E-state index contributed by atoms with van der Waals surface area (Å²) < 4.78 is 0. The van der Waals surface area contributed by atoms with Gasteiger partial charge in [0, 0.05) is 17.4 Å².